The smallest absolute Gasteiger partial charge is 0.255 e. The number of ether oxygens (including phenoxy) is 1. The minimum absolute atomic E-state index is 0.100. The summed E-state index contributed by atoms with van der Waals surface area (Å²) in [7, 11) is 0. The predicted octanol–water partition coefficient (Wildman–Crippen LogP) is 2.59. The highest BCUT2D eigenvalue weighted by molar-refractivity contribution is 5.98. The zero-order chi connectivity index (χ0) is 14.9. The Kier molecular flexibility index (Phi) is 6.47. The summed E-state index contributed by atoms with van der Waals surface area (Å²) in [5.41, 5.74) is 0.590. The monoisotopic (exact) mass is 291 g/mol. The number of hydrogen-bond donors (Lipinski definition) is 2. The van der Waals surface area contributed by atoms with Gasteiger partial charge in [0.2, 0.25) is 0 Å². The minimum atomic E-state index is -0.100. The van der Waals surface area contributed by atoms with Gasteiger partial charge in [-0.1, -0.05) is 19.8 Å². The van der Waals surface area contributed by atoms with Gasteiger partial charge in [0, 0.05) is 19.3 Å². The Balaban J connectivity index is 1.76. The zero-order valence-electron chi connectivity index (χ0n) is 12.7. The Morgan fingerprint density at radius 1 is 1.38 bits per heavy atom. The van der Waals surface area contributed by atoms with Crippen LogP contribution < -0.4 is 10.6 Å². The van der Waals surface area contributed by atoms with Crippen molar-refractivity contribution in [2.75, 3.05) is 25.0 Å². The number of rotatable bonds is 8. The molecule has 0 aromatic carbocycles. The molecule has 0 unspecified atom stereocenters. The van der Waals surface area contributed by atoms with E-state index in [0.29, 0.717) is 30.6 Å². The lowest BCUT2D eigenvalue weighted by molar-refractivity contribution is 0.0582. The van der Waals surface area contributed by atoms with E-state index in [2.05, 4.69) is 22.5 Å². The number of anilines is 1. The molecule has 2 N–H and O–H groups in total. The second-order valence-corrected chi connectivity index (χ2v) is 5.36. The third-order valence-corrected chi connectivity index (χ3v) is 3.64. The van der Waals surface area contributed by atoms with Crippen molar-refractivity contribution in [1.82, 2.24) is 10.3 Å². The molecule has 0 saturated heterocycles. The van der Waals surface area contributed by atoms with E-state index in [4.69, 9.17) is 4.74 Å². The molecule has 1 fully saturated rings. The van der Waals surface area contributed by atoms with Gasteiger partial charge in [-0.15, -0.1) is 0 Å². The third kappa shape index (κ3) is 5.01. The van der Waals surface area contributed by atoms with E-state index in [0.717, 1.165) is 25.8 Å². The zero-order valence-corrected chi connectivity index (χ0v) is 12.7. The second kappa shape index (κ2) is 8.62. The van der Waals surface area contributed by atoms with Gasteiger partial charge in [0.15, 0.2) is 0 Å². The largest absolute Gasteiger partial charge is 0.376 e. The van der Waals surface area contributed by atoms with Crippen LogP contribution in [0.15, 0.2) is 18.3 Å². The van der Waals surface area contributed by atoms with E-state index < -0.39 is 0 Å². The molecule has 1 aromatic rings. The Bertz CT molecular complexity index is 445. The molecule has 5 heteroatoms. The summed E-state index contributed by atoms with van der Waals surface area (Å²) in [6.45, 7) is 4.00. The maximum Gasteiger partial charge on any atom is 0.255 e. The molecule has 1 saturated carbocycles. The first-order valence-corrected chi connectivity index (χ1v) is 7.90. The van der Waals surface area contributed by atoms with Gasteiger partial charge in [-0.05, 0) is 31.4 Å². The molecule has 5 nitrogen and oxygen atoms in total. The lowest BCUT2D eigenvalue weighted by Gasteiger charge is -2.13. The summed E-state index contributed by atoms with van der Waals surface area (Å²) in [5, 5.41) is 6.07. The average Bonchev–Trinajstić information content (AvgIpc) is 3.03. The summed E-state index contributed by atoms with van der Waals surface area (Å²) in [6.07, 6.45) is 7.91. The number of aromatic nitrogens is 1. The van der Waals surface area contributed by atoms with Crippen molar-refractivity contribution < 1.29 is 9.53 Å². The van der Waals surface area contributed by atoms with Gasteiger partial charge in [0.05, 0.1) is 18.3 Å². The van der Waals surface area contributed by atoms with Crippen LogP contribution >= 0.6 is 0 Å². The van der Waals surface area contributed by atoms with Gasteiger partial charge >= 0.3 is 0 Å². The van der Waals surface area contributed by atoms with E-state index in [1.54, 1.807) is 18.3 Å². The summed E-state index contributed by atoms with van der Waals surface area (Å²) in [4.78, 5) is 16.4. The second-order valence-electron chi connectivity index (χ2n) is 5.36. The van der Waals surface area contributed by atoms with Crippen LogP contribution in [0.4, 0.5) is 5.82 Å². The summed E-state index contributed by atoms with van der Waals surface area (Å²) < 4.78 is 5.74. The molecule has 0 radical (unpaired) electrons. The van der Waals surface area contributed by atoms with Crippen molar-refractivity contribution >= 4 is 11.7 Å². The van der Waals surface area contributed by atoms with Crippen LogP contribution in [0.2, 0.25) is 0 Å². The Morgan fingerprint density at radius 3 is 2.95 bits per heavy atom. The van der Waals surface area contributed by atoms with Crippen LogP contribution in [0.5, 0.6) is 0 Å². The van der Waals surface area contributed by atoms with Gasteiger partial charge < -0.3 is 15.4 Å². The van der Waals surface area contributed by atoms with Crippen LogP contribution in [-0.4, -0.2) is 36.7 Å². The molecular formula is C16H25N3O2. The third-order valence-electron chi connectivity index (χ3n) is 3.64. The fourth-order valence-electron chi connectivity index (χ4n) is 2.51. The molecule has 1 amide bonds. The van der Waals surface area contributed by atoms with E-state index >= 15 is 0 Å². The van der Waals surface area contributed by atoms with Gasteiger partial charge in [-0.25, -0.2) is 4.98 Å². The maximum absolute atomic E-state index is 12.2. The normalized spacial score (nSPS) is 15.1. The summed E-state index contributed by atoms with van der Waals surface area (Å²) in [6, 6.07) is 3.57. The number of pyridine rings is 1. The van der Waals surface area contributed by atoms with Crippen LogP contribution in [0.1, 0.15) is 49.4 Å². The number of hydrogen-bond acceptors (Lipinski definition) is 4. The molecule has 1 aromatic heterocycles. The van der Waals surface area contributed by atoms with Crippen LogP contribution in [-0.2, 0) is 4.74 Å². The van der Waals surface area contributed by atoms with Crippen molar-refractivity contribution in [3.63, 3.8) is 0 Å². The maximum atomic E-state index is 12.2. The molecule has 1 aliphatic carbocycles. The molecule has 1 heterocycles. The van der Waals surface area contributed by atoms with Crippen molar-refractivity contribution in [2.24, 2.45) is 0 Å². The highest BCUT2D eigenvalue weighted by atomic mass is 16.5. The number of carbonyl (C=O) groups is 1. The topological polar surface area (TPSA) is 63.2 Å². The van der Waals surface area contributed by atoms with Gasteiger partial charge in [-0.3, -0.25) is 4.79 Å². The first-order chi connectivity index (χ1) is 10.3. The average molecular weight is 291 g/mol. The highest BCUT2D eigenvalue weighted by Gasteiger charge is 2.15. The highest BCUT2D eigenvalue weighted by Crippen LogP contribution is 2.20. The number of amides is 1. The number of nitrogens with one attached hydrogen (secondary N) is 2. The van der Waals surface area contributed by atoms with E-state index in [9.17, 15) is 4.79 Å². The van der Waals surface area contributed by atoms with Crippen molar-refractivity contribution in [3.8, 4) is 0 Å². The van der Waals surface area contributed by atoms with Crippen molar-refractivity contribution in [1.29, 1.82) is 0 Å². The number of carbonyl (C=O) groups excluding carboxylic acids is 1. The molecule has 0 atom stereocenters. The SMILES string of the molecule is CCCNc1ncccc1C(=O)NCCOC1CCCC1. The molecule has 2 rings (SSSR count). The molecule has 116 valence electrons. The van der Waals surface area contributed by atoms with Crippen LogP contribution in [0.3, 0.4) is 0 Å². The van der Waals surface area contributed by atoms with E-state index in [1.165, 1.54) is 12.8 Å². The van der Waals surface area contributed by atoms with Crippen LogP contribution in [0.25, 0.3) is 0 Å². The Morgan fingerprint density at radius 2 is 2.19 bits per heavy atom. The molecule has 0 spiro atoms. The first-order valence-electron chi connectivity index (χ1n) is 7.90. The van der Waals surface area contributed by atoms with Crippen molar-refractivity contribution in [2.45, 2.75) is 45.1 Å². The predicted molar refractivity (Wildman–Crippen MR) is 83.6 cm³/mol. The van der Waals surface area contributed by atoms with E-state index in [1.807, 2.05) is 0 Å². The minimum Gasteiger partial charge on any atom is -0.376 e. The molecule has 0 bridgehead atoms. The van der Waals surface area contributed by atoms with E-state index in [-0.39, 0.29) is 5.91 Å². The molecule has 21 heavy (non-hydrogen) atoms. The quantitative estimate of drug-likeness (QED) is 0.723. The number of nitrogens with zero attached hydrogens (tertiary/aromatic N) is 1. The van der Waals surface area contributed by atoms with Crippen LogP contribution in [0, 0.1) is 0 Å². The molecule has 1 aliphatic rings. The molecule has 0 aliphatic heterocycles. The lowest BCUT2D eigenvalue weighted by atomic mass is 10.2. The van der Waals surface area contributed by atoms with Gasteiger partial charge in [-0.2, -0.15) is 0 Å². The Hall–Kier alpha value is -1.62. The Labute approximate surface area is 126 Å². The standard InChI is InChI=1S/C16H25N3O2/c1-2-9-17-15-14(8-5-10-18-15)16(20)19-11-12-21-13-6-3-4-7-13/h5,8,10,13H,2-4,6-7,9,11-12H2,1H3,(H,17,18)(H,19,20). The molecular weight excluding hydrogens is 266 g/mol. The van der Waals surface area contributed by atoms with Gasteiger partial charge in [0.1, 0.15) is 5.82 Å². The fourth-order valence-corrected chi connectivity index (χ4v) is 2.51. The first kappa shape index (κ1) is 15.8. The summed E-state index contributed by atoms with van der Waals surface area (Å²) in [5.74, 6) is 0.547. The lowest BCUT2D eigenvalue weighted by Crippen LogP contribution is -2.29. The fraction of sp³-hybridized carbons (Fsp3) is 0.625. The van der Waals surface area contributed by atoms with Crippen molar-refractivity contribution in [3.05, 3.63) is 23.9 Å². The van der Waals surface area contributed by atoms with Gasteiger partial charge in [0.25, 0.3) is 5.91 Å². The summed E-state index contributed by atoms with van der Waals surface area (Å²) >= 11 is 0.